The molecule has 0 saturated carbocycles. The van der Waals surface area contributed by atoms with Gasteiger partial charge in [-0.15, -0.1) is 24.0 Å². The first-order valence-electron chi connectivity index (χ1n) is 8.81. The van der Waals surface area contributed by atoms with Crippen LogP contribution in [0.5, 0.6) is 5.75 Å². The van der Waals surface area contributed by atoms with E-state index in [4.69, 9.17) is 4.74 Å². The van der Waals surface area contributed by atoms with Crippen molar-refractivity contribution in [2.75, 3.05) is 40.8 Å². The quantitative estimate of drug-likeness (QED) is 0.243. The molecule has 1 aromatic carbocycles. The van der Waals surface area contributed by atoms with Gasteiger partial charge in [0.1, 0.15) is 12.3 Å². The van der Waals surface area contributed by atoms with Crippen LogP contribution in [0.4, 0.5) is 0 Å². The zero-order chi connectivity index (χ0) is 19.5. The van der Waals surface area contributed by atoms with E-state index in [0.29, 0.717) is 18.4 Å². The lowest BCUT2D eigenvalue weighted by Crippen LogP contribution is -2.41. The highest BCUT2D eigenvalue weighted by molar-refractivity contribution is 14.0. The first-order chi connectivity index (χ1) is 12.3. The lowest BCUT2D eigenvalue weighted by molar-refractivity contribution is -0.127. The number of guanidine groups is 1. The van der Waals surface area contributed by atoms with E-state index in [1.54, 1.807) is 21.2 Å². The first kappa shape index (κ1) is 25.2. The zero-order valence-electron chi connectivity index (χ0n) is 17.0. The normalized spacial score (nSPS) is 11.8. The largest absolute Gasteiger partial charge is 0.497 e. The Morgan fingerprint density at radius 3 is 2.41 bits per heavy atom. The van der Waals surface area contributed by atoms with Crippen molar-refractivity contribution in [1.29, 1.82) is 0 Å². The predicted octanol–water partition coefficient (Wildman–Crippen LogP) is 2.69. The summed E-state index contributed by atoms with van der Waals surface area (Å²) in [7, 11) is 5.12. The number of carbonyl (C=O) groups excluding carboxylic acids is 1. The van der Waals surface area contributed by atoms with Crippen molar-refractivity contribution < 1.29 is 9.53 Å². The topological polar surface area (TPSA) is 66.0 Å². The fraction of sp³-hybridized carbons (Fsp3) is 0.500. The van der Waals surface area contributed by atoms with Crippen molar-refractivity contribution in [3.63, 3.8) is 0 Å². The van der Waals surface area contributed by atoms with Gasteiger partial charge in [-0.3, -0.25) is 4.79 Å². The van der Waals surface area contributed by atoms with Crippen LogP contribution < -0.4 is 15.4 Å². The molecule has 152 valence electrons. The minimum absolute atomic E-state index is 0. The SMILES string of the molecule is C=C(C)CNC(=NCC(=O)N(C)C)NCC(C)Cc1ccc(OC)cc1.I. The number of carbonyl (C=O) groups is 1. The number of nitrogens with one attached hydrogen (secondary N) is 2. The van der Waals surface area contributed by atoms with E-state index in [0.717, 1.165) is 24.3 Å². The molecule has 0 heterocycles. The van der Waals surface area contributed by atoms with E-state index in [9.17, 15) is 4.79 Å². The molecule has 0 aromatic heterocycles. The summed E-state index contributed by atoms with van der Waals surface area (Å²) in [5.74, 6) is 1.87. The molecule has 27 heavy (non-hydrogen) atoms. The molecule has 1 unspecified atom stereocenters. The van der Waals surface area contributed by atoms with E-state index in [1.165, 1.54) is 10.5 Å². The average Bonchev–Trinajstić information content (AvgIpc) is 2.61. The van der Waals surface area contributed by atoms with Crippen LogP contribution >= 0.6 is 24.0 Å². The predicted molar refractivity (Wildman–Crippen MR) is 123 cm³/mol. The highest BCUT2D eigenvalue weighted by Gasteiger charge is 2.08. The summed E-state index contributed by atoms with van der Waals surface area (Å²) < 4.78 is 5.19. The molecule has 6 nitrogen and oxygen atoms in total. The number of nitrogens with zero attached hydrogens (tertiary/aromatic N) is 2. The highest BCUT2D eigenvalue weighted by Crippen LogP contribution is 2.14. The van der Waals surface area contributed by atoms with Crippen molar-refractivity contribution in [2.24, 2.45) is 10.9 Å². The molecular formula is C20H33IN4O2. The Morgan fingerprint density at radius 1 is 1.26 bits per heavy atom. The molecule has 0 aliphatic rings. The van der Waals surface area contributed by atoms with E-state index in [2.05, 4.69) is 41.3 Å². The van der Waals surface area contributed by atoms with Crippen LogP contribution in [0.2, 0.25) is 0 Å². The second-order valence-corrected chi connectivity index (χ2v) is 6.80. The van der Waals surface area contributed by atoms with Crippen LogP contribution in [-0.4, -0.2) is 57.6 Å². The van der Waals surface area contributed by atoms with Crippen molar-refractivity contribution in [1.82, 2.24) is 15.5 Å². The Labute approximate surface area is 180 Å². The number of rotatable bonds is 9. The first-order valence-corrected chi connectivity index (χ1v) is 8.81. The van der Waals surface area contributed by atoms with E-state index in [1.807, 2.05) is 19.1 Å². The maximum Gasteiger partial charge on any atom is 0.243 e. The fourth-order valence-electron chi connectivity index (χ4n) is 2.20. The molecule has 0 spiro atoms. The van der Waals surface area contributed by atoms with Crippen LogP contribution in [0.1, 0.15) is 19.4 Å². The molecule has 1 rings (SSSR count). The fourth-order valence-corrected chi connectivity index (χ4v) is 2.20. The summed E-state index contributed by atoms with van der Waals surface area (Å²) in [6, 6.07) is 8.12. The second kappa shape index (κ2) is 13.4. The maximum atomic E-state index is 11.8. The monoisotopic (exact) mass is 488 g/mol. The third-order valence-corrected chi connectivity index (χ3v) is 3.79. The Kier molecular flexibility index (Phi) is 12.5. The van der Waals surface area contributed by atoms with Crippen LogP contribution in [0.25, 0.3) is 0 Å². The summed E-state index contributed by atoms with van der Waals surface area (Å²) in [4.78, 5) is 17.7. The van der Waals surface area contributed by atoms with Gasteiger partial charge in [0, 0.05) is 27.2 Å². The smallest absolute Gasteiger partial charge is 0.243 e. The summed E-state index contributed by atoms with van der Waals surface area (Å²) in [6.07, 6.45) is 0.946. The molecule has 0 saturated heterocycles. The van der Waals surface area contributed by atoms with Gasteiger partial charge >= 0.3 is 0 Å². The molecular weight excluding hydrogens is 455 g/mol. The minimum Gasteiger partial charge on any atom is -0.497 e. The maximum absolute atomic E-state index is 11.8. The third-order valence-electron chi connectivity index (χ3n) is 3.79. The molecule has 7 heteroatoms. The third kappa shape index (κ3) is 10.8. The molecule has 0 fully saturated rings. The van der Waals surface area contributed by atoms with Gasteiger partial charge in [0.2, 0.25) is 5.91 Å². The number of likely N-dealkylation sites (N-methyl/N-ethyl adjacent to an activating group) is 1. The van der Waals surface area contributed by atoms with Gasteiger partial charge in [0.15, 0.2) is 5.96 Å². The Morgan fingerprint density at radius 2 is 1.89 bits per heavy atom. The molecule has 0 aliphatic carbocycles. The van der Waals surface area contributed by atoms with Gasteiger partial charge in [-0.25, -0.2) is 4.99 Å². The molecule has 0 bridgehead atoms. The highest BCUT2D eigenvalue weighted by atomic mass is 127. The molecule has 2 N–H and O–H groups in total. The summed E-state index contributed by atoms with van der Waals surface area (Å²) >= 11 is 0. The number of hydrogen-bond donors (Lipinski definition) is 2. The number of halogens is 1. The Bertz CT molecular complexity index is 615. The number of hydrogen-bond acceptors (Lipinski definition) is 3. The van der Waals surface area contributed by atoms with Crippen LogP contribution in [0.3, 0.4) is 0 Å². The van der Waals surface area contributed by atoms with Crippen molar-refractivity contribution in [3.05, 3.63) is 42.0 Å². The minimum atomic E-state index is -0.0345. The van der Waals surface area contributed by atoms with Gasteiger partial charge in [-0.1, -0.05) is 31.2 Å². The Balaban J connectivity index is 0.00000676. The number of ether oxygens (including phenoxy) is 1. The lowest BCUT2D eigenvalue weighted by Gasteiger charge is -2.17. The van der Waals surface area contributed by atoms with Crippen LogP contribution in [-0.2, 0) is 11.2 Å². The number of aliphatic imine (C=N–C) groups is 1. The number of benzene rings is 1. The summed E-state index contributed by atoms with van der Waals surface area (Å²) in [5.41, 5.74) is 2.26. The molecule has 1 aromatic rings. The van der Waals surface area contributed by atoms with E-state index in [-0.39, 0.29) is 36.4 Å². The van der Waals surface area contributed by atoms with E-state index < -0.39 is 0 Å². The van der Waals surface area contributed by atoms with Gasteiger partial charge in [-0.05, 0) is 37.0 Å². The van der Waals surface area contributed by atoms with E-state index >= 15 is 0 Å². The van der Waals surface area contributed by atoms with Crippen LogP contribution in [0, 0.1) is 5.92 Å². The van der Waals surface area contributed by atoms with Crippen LogP contribution in [0.15, 0.2) is 41.4 Å². The molecule has 0 radical (unpaired) electrons. The van der Waals surface area contributed by atoms with Crippen molar-refractivity contribution in [3.8, 4) is 5.75 Å². The van der Waals surface area contributed by atoms with Crippen molar-refractivity contribution in [2.45, 2.75) is 20.3 Å². The number of methoxy groups -OCH3 is 1. The lowest BCUT2D eigenvalue weighted by atomic mass is 10.0. The summed E-state index contributed by atoms with van der Waals surface area (Å²) in [5, 5.41) is 6.51. The van der Waals surface area contributed by atoms with Gasteiger partial charge < -0.3 is 20.3 Å². The molecule has 1 amide bonds. The average molecular weight is 488 g/mol. The number of amides is 1. The van der Waals surface area contributed by atoms with Crippen molar-refractivity contribution >= 4 is 35.8 Å². The molecule has 0 aliphatic heterocycles. The standard InChI is InChI=1S/C20H32N4O2.HI/c1-15(2)12-21-20(23-14-19(25)24(4)5)22-13-16(3)11-17-7-9-18(26-6)10-8-17;/h7-10,16H,1,11-14H2,2-6H3,(H2,21,22,23);1H. The summed E-state index contributed by atoms with van der Waals surface area (Å²) in [6.45, 7) is 9.50. The van der Waals surface area contributed by atoms with Gasteiger partial charge in [-0.2, -0.15) is 0 Å². The van der Waals surface area contributed by atoms with Gasteiger partial charge in [0.25, 0.3) is 0 Å². The van der Waals surface area contributed by atoms with Gasteiger partial charge in [0.05, 0.1) is 7.11 Å². The zero-order valence-corrected chi connectivity index (χ0v) is 19.4. The molecule has 1 atom stereocenters. The second-order valence-electron chi connectivity index (χ2n) is 6.80. The Hall–Kier alpha value is -1.77.